The average molecular weight is 592 g/mol. The molecule has 3 heterocycles. The van der Waals surface area contributed by atoms with Gasteiger partial charge in [0.15, 0.2) is 15.6 Å². The Balaban J connectivity index is 1.43. The van der Waals surface area contributed by atoms with E-state index in [2.05, 4.69) is 40.7 Å². The van der Waals surface area contributed by atoms with Gasteiger partial charge in [-0.25, -0.2) is 22.8 Å². The Kier molecular flexibility index (Phi) is 8.59. The van der Waals surface area contributed by atoms with E-state index >= 15 is 4.39 Å². The fourth-order valence-corrected chi connectivity index (χ4v) is 6.90. The van der Waals surface area contributed by atoms with Gasteiger partial charge in [0.25, 0.3) is 0 Å². The molecule has 1 fully saturated rings. The summed E-state index contributed by atoms with van der Waals surface area (Å²) < 4.78 is 39.0. The summed E-state index contributed by atoms with van der Waals surface area (Å²) in [5.74, 6) is -0.173. The molecule has 4 aromatic rings. The summed E-state index contributed by atoms with van der Waals surface area (Å²) in [6.45, 7) is 8.99. The van der Waals surface area contributed by atoms with Crippen LogP contribution in [-0.4, -0.2) is 84.0 Å². The molecule has 2 aromatic carbocycles. The maximum absolute atomic E-state index is 15.0. The Morgan fingerprint density at radius 2 is 1.90 bits per heavy atom. The van der Waals surface area contributed by atoms with Crippen molar-refractivity contribution in [1.29, 1.82) is 0 Å². The van der Waals surface area contributed by atoms with E-state index in [1.165, 1.54) is 12.1 Å². The molecule has 0 aliphatic carbocycles. The van der Waals surface area contributed by atoms with Crippen molar-refractivity contribution in [2.24, 2.45) is 0 Å². The Labute approximate surface area is 246 Å². The normalized spacial score (nSPS) is 17.5. The van der Waals surface area contributed by atoms with Gasteiger partial charge >= 0.3 is 0 Å². The number of benzene rings is 2. The molecule has 1 aliphatic heterocycles. The zero-order chi connectivity index (χ0) is 30.2. The lowest BCUT2D eigenvalue weighted by atomic mass is 9.96. The average Bonchev–Trinajstić information content (AvgIpc) is 3.37. The first-order chi connectivity index (χ1) is 20.0. The first-order valence-corrected chi connectivity index (χ1v) is 16.2. The monoisotopic (exact) mass is 591 g/mol. The maximum Gasteiger partial charge on any atom is 0.178 e. The van der Waals surface area contributed by atoms with Crippen molar-refractivity contribution in [1.82, 2.24) is 24.8 Å². The van der Waals surface area contributed by atoms with Crippen LogP contribution in [0.15, 0.2) is 53.7 Å². The standard InChI is InChI=1S/C32H38FN5O3S/c1-6-26(38-14-13-37(4)19-21(38)3)27(39)15-23-10-7-11-24-25(18-35-32(23)24)31-20(2)17-34-29(36-31)16-22-9-8-12-28(30(22)33)42(5,40)41/h7-12,17-18,21,26,35H,6,13-16,19H2,1-5H3/t21-,26-/m0/s1. The molecule has 8 nitrogen and oxygen atoms in total. The van der Waals surface area contributed by atoms with Crippen molar-refractivity contribution in [2.75, 3.05) is 32.9 Å². The van der Waals surface area contributed by atoms with E-state index in [-0.39, 0.29) is 28.7 Å². The van der Waals surface area contributed by atoms with Crippen LogP contribution in [0.2, 0.25) is 0 Å². The van der Waals surface area contributed by atoms with Gasteiger partial charge in [-0.2, -0.15) is 0 Å². The molecule has 2 aromatic heterocycles. The molecule has 0 bridgehead atoms. The predicted octanol–water partition coefficient (Wildman–Crippen LogP) is 4.59. The molecule has 2 atom stereocenters. The molecule has 1 N–H and O–H groups in total. The van der Waals surface area contributed by atoms with Crippen molar-refractivity contribution in [3.8, 4) is 11.3 Å². The number of halogens is 1. The lowest BCUT2D eigenvalue weighted by molar-refractivity contribution is -0.125. The number of ketones is 1. The van der Waals surface area contributed by atoms with Gasteiger partial charge in [-0.05, 0) is 50.1 Å². The Morgan fingerprint density at radius 3 is 2.62 bits per heavy atom. The van der Waals surface area contributed by atoms with Gasteiger partial charge in [-0.3, -0.25) is 9.69 Å². The van der Waals surface area contributed by atoms with E-state index in [1.54, 1.807) is 12.3 Å². The summed E-state index contributed by atoms with van der Waals surface area (Å²) in [5, 5.41) is 0.944. The van der Waals surface area contributed by atoms with Crippen molar-refractivity contribution in [3.63, 3.8) is 0 Å². The van der Waals surface area contributed by atoms with Crippen molar-refractivity contribution >= 4 is 26.5 Å². The van der Waals surface area contributed by atoms with Crippen LogP contribution >= 0.6 is 0 Å². The summed E-state index contributed by atoms with van der Waals surface area (Å²) in [4.78, 5) is 30.5. The first-order valence-electron chi connectivity index (χ1n) is 14.3. The summed E-state index contributed by atoms with van der Waals surface area (Å²) in [5.41, 5.74) is 4.47. The molecule has 222 valence electrons. The molecular weight excluding hydrogens is 553 g/mol. The highest BCUT2D eigenvalue weighted by Gasteiger charge is 2.31. The number of nitrogens with one attached hydrogen (secondary N) is 1. The number of Topliss-reactive ketones (excluding diaryl/α,β-unsaturated/α-hetero) is 1. The second-order valence-electron chi connectivity index (χ2n) is 11.5. The number of para-hydroxylation sites is 1. The molecule has 0 spiro atoms. The number of fused-ring (bicyclic) bond motifs is 1. The molecule has 10 heteroatoms. The smallest absolute Gasteiger partial charge is 0.178 e. The fourth-order valence-electron chi connectivity index (χ4n) is 6.12. The molecule has 0 saturated carbocycles. The van der Waals surface area contributed by atoms with Crippen LogP contribution in [0, 0.1) is 12.7 Å². The van der Waals surface area contributed by atoms with Crippen molar-refractivity contribution in [3.05, 3.63) is 77.1 Å². The fraction of sp³-hybridized carbons (Fsp3) is 0.406. The van der Waals surface area contributed by atoms with E-state index in [0.717, 1.165) is 59.9 Å². The van der Waals surface area contributed by atoms with Crippen LogP contribution in [0.4, 0.5) is 4.39 Å². The summed E-state index contributed by atoms with van der Waals surface area (Å²) in [6.07, 6.45) is 5.74. The van der Waals surface area contributed by atoms with Gasteiger partial charge in [0.2, 0.25) is 0 Å². The van der Waals surface area contributed by atoms with E-state index < -0.39 is 15.7 Å². The highest BCUT2D eigenvalue weighted by atomic mass is 32.2. The lowest BCUT2D eigenvalue weighted by Gasteiger charge is -2.42. The van der Waals surface area contributed by atoms with Crippen LogP contribution in [0.3, 0.4) is 0 Å². The third kappa shape index (κ3) is 6.02. The van der Waals surface area contributed by atoms with Crippen LogP contribution in [-0.2, 0) is 27.5 Å². The number of aryl methyl sites for hydroxylation is 1. The predicted molar refractivity (Wildman–Crippen MR) is 163 cm³/mol. The SMILES string of the molecule is CC[C@@H](C(=O)Cc1cccc2c(-c3nc(Cc4cccc(S(C)(=O)=O)c4F)ncc3C)c[nH]c12)N1CCN(C)C[C@@H]1C. The van der Waals surface area contributed by atoms with E-state index in [4.69, 9.17) is 4.98 Å². The Bertz CT molecular complexity index is 1740. The van der Waals surface area contributed by atoms with Crippen molar-refractivity contribution in [2.45, 2.75) is 57.0 Å². The number of hydrogen-bond acceptors (Lipinski definition) is 7. The third-order valence-corrected chi connectivity index (χ3v) is 9.39. The number of nitrogens with zero attached hydrogens (tertiary/aromatic N) is 4. The molecule has 0 unspecified atom stereocenters. The van der Waals surface area contributed by atoms with Gasteiger partial charge in [-0.15, -0.1) is 0 Å². The molecule has 0 amide bonds. The van der Waals surface area contributed by atoms with Gasteiger partial charge in [0, 0.05) is 73.6 Å². The van der Waals surface area contributed by atoms with Crippen molar-refractivity contribution < 1.29 is 17.6 Å². The second-order valence-corrected chi connectivity index (χ2v) is 13.4. The summed E-state index contributed by atoms with van der Waals surface area (Å²) in [6, 6.07) is 10.5. The number of sulfone groups is 1. The van der Waals surface area contributed by atoms with Gasteiger partial charge in [0.05, 0.1) is 11.7 Å². The molecule has 1 saturated heterocycles. The lowest BCUT2D eigenvalue weighted by Crippen LogP contribution is -2.56. The van der Waals surface area contributed by atoms with Crippen LogP contribution in [0.25, 0.3) is 22.2 Å². The number of hydrogen-bond donors (Lipinski definition) is 1. The molecular formula is C32H38FN5O3S. The number of H-pyrrole nitrogens is 1. The first kappa shape index (κ1) is 30.0. The number of carbonyl (C=O) groups is 1. The minimum atomic E-state index is -3.70. The van der Waals surface area contributed by atoms with Gasteiger partial charge < -0.3 is 9.88 Å². The maximum atomic E-state index is 15.0. The topological polar surface area (TPSA) is 99.3 Å². The van der Waals surface area contributed by atoms with E-state index in [9.17, 15) is 13.2 Å². The highest BCUT2D eigenvalue weighted by molar-refractivity contribution is 7.90. The van der Waals surface area contributed by atoms with Crippen LogP contribution in [0.1, 0.15) is 42.8 Å². The highest BCUT2D eigenvalue weighted by Crippen LogP contribution is 2.32. The molecule has 1 aliphatic rings. The Hall–Kier alpha value is -3.47. The third-order valence-electron chi connectivity index (χ3n) is 8.28. The summed E-state index contributed by atoms with van der Waals surface area (Å²) in [7, 11) is -1.58. The minimum absolute atomic E-state index is 0.0493. The Morgan fingerprint density at radius 1 is 1.17 bits per heavy atom. The largest absolute Gasteiger partial charge is 0.360 e. The zero-order valence-corrected chi connectivity index (χ0v) is 25.6. The number of aromatic nitrogens is 3. The number of carbonyl (C=O) groups excluding carboxylic acids is 1. The summed E-state index contributed by atoms with van der Waals surface area (Å²) >= 11 is 0. The molecule has 42 heavy (non-hydrogen) atoms. The van der Waals surface area contributed by atoms with Gasteiger partial charge in [-0.1, -0.05) is 37.3 Å². The number of piperazine rings is 1. The number of likely N-dealkylation sites (N-methyl/N-ethyl adjacent to an activating group) is 1. The molecule has 5 rings (SSSR count). The van der Waals surface area contributed by atoms with Gasteiger partial charge in [0.1, 0.15) is 16.5 Å². The van der Waals surface area contributed by atoms with Crippen LogP contribution in [0.5, 0.6) is 0 Å². The van der Waals surface area contributed by atoms with E-state index in [0.29, 0.717) is 24.0 Å². The van der Waals surface area contributed by atoms with E-state index in [1.807, 2.05) is 31.3 Å². The number of aromatic amines is 1. The number of rotatable bonds is 9. The quantitative estimate of drug-likeness (QED) is 0.304. The van der Waals surface area contributed by atoms with Crippen LogP contribution < -0.4 is 0 Å². The second kappa shape index (κ2) is 12.0. The minimum Gasteiger partial charge on any atom is -0.360 e. The zero-order valence-electron chi connectivity index (χ0n) is 24.8. The molecule has 0 radical (unpaired) electrons.